The molecule has 0 aromatic rings. The zero-order valence-electron chi connectivity index (χ0n) is 25.8. The number of ether oxygens (including phenoxy) is 1. The second-order valence-corrected chi connectivity index (χ2v) is 11.5. The SMILES string of the molecule is C=CCOC(=O)C(CCCCCCCCCC/C=C/CCCCCCCCCCCCCCCC)CC(=O)O. The van der Waals surface area contributed by atoms with Gasteiger partial charge in [-0.1, -0.05) is 160 Å². The highest BCUT2D eigenvalue weighted by atomic mass is 16.5. The molecule has 0 radical (unpaired) electrons. The van der Waals surface area contributed by atoms with Gasteiger partial charge in [0.1, 0.15) is 6.61 Å². The van der Waals surface area contributed by atoms with Gasteiger partial charge in [0.25, 0.3) is 0 Å². The van der Waals surface area contributed by atoms with Crippen molar-refractivity contribution in [2.75, 3.05) is 6.61 Å². The molecule has 1 atom stereocenters. The third-order valence-electron chi connectivity index (χ3n) is 7.66. The Balaban J connectivity index is 3.37. The van der Waals surface area contributed by atoms with E-state index in [9.17, 15) is 9.59 Å². The van der Waals surface area contributed by atoms with Crippen molar-refractivity contribution in [2.45, 2.75) is 174 Å². The molecule has 0 aromatic carbocycles. The largest absolute Gasteiger partial charge is 0.481 e. The lowest BCUT2D eigenvalue weighted by atomic mass is 9.97. The van der Waals surface area contributed by atoms with E-state index in [1.807, 2.05) is 0 Å². The molecule has 0 spiro atoms. The highest BCUT2D eigenvalue weighted by molar-refractivity contribution is 5.79. The van der Waals surface area contributed by atoms with Crippen molar-refractivity contribution in [2.24, 2.45) is 5.92 Å². The Labute approximate surface area is 242 Å². The van der Waals surface area contributed by atoms with E-state index in [0.717, 1.165) is 19.3 Å². The first-order valence-electron chi connectivity index (χ1n) is 16.8. The zero-order chi connectivity index (χ0) is 28.7. The van der Waals surface area contributed by atoms with Crippen LogP contribution in [0.5, 0.6) is 0 Å². The third-order valence-corrected chi connectivity index (χ3v) is 7.66. The van der Waals surface area contributed by atoms with E-state index in [4.69, 9.17) is 9.84 Å². The van der Waals surface area contributed by atoms with E-state index in [0.29, 0.717) is 6.42 Å². The van der Waals surface area contributed by atoms with Crippen LogP contribution >= 0.6 is 0 Å². The number of hydrogen-bond acceptors (Lipinski definition) is 3. The van der Waals surface area contributed by atoms with Gasteiger partial charge in [0.2, 0.25) is 0 Å². The fourth-order valence-electron chi connectivity index (χ4n) is 5.18. The summed E-state index contributed by atoms with van der Waals surface area (Å²) in [7, 11) is 0. The number of aliphatic carboxylic acids is 1. The molecule has 0 aliphatic rings. The quantitative estimate of drug-likeness (QED) is 0.0531. The summed E-state index contributed by atoms with van der Waals surface area (Å²) in [5, 5.41) is 9.02. The molecular formula is C35H64O4. The predicted molar refractivity (Wildman–Crippen MR) is 167 cm³/mol. The molecule has 0 rings (SSSR count). The van der Waals surface area contributed by atoms with Gasteiger partial charge in [-0.05, 0) is 32.1 Å². The molecule has 1 N–H and O–H groups in total. The molecule has 0 saturated carbocycles. The van der Waals surface area contributed by atoms with Crippen LogP contribution in [-0.4, -0.2) is 23.7 Å². The molecule has 1 unspecified atom stereocenters. The van der Waals surface area contributed by atoms with Gasteiger partial charge in [0.15, 0.2) is 0 Å². The van der Waals surface area contributed by atoms with Gasteiger partial charge in [-0.2, -0.15) is 0 Å². The smallest absolute Gasteiger partial charge is 0.309 e. The van der Waals surface area contributed by atoms with E-state index < -0.39 is 17.9 Å². The van der Waals surface area contributed by atoms with Crippen molar-refractivity contribution in [1.29, 1.82) is 0 Å². The molecule has 0 bridgehead atoms. The lowest BCUT2D eigenvalue weighted by Crippen LogP contribution is -2.21. The number of carbonyl (C=O) groups excluding carboxylic acids is 1. The zero-order valence-corrected chi connectivity index (χ0v) is 25.8. The summed E-state index contributed by atoms with van der Waals surface area (Å²) in [5.74, 6) is -1.89. The first kappa shape index (κ1) is 37.4. The minimum Gasteiger partial charge on any atom is -0.481 e. The van der Waals surface area contributed by atoms with E-state index in [1.54, 1.807) is 0 Å². The maximum absolute atomic E-state index is 12.0. The number of carbonyl (C=O) groups is 2. The minimum absolute atomic E-state index is 0.143. The van der Waals surface area contributed by atoms with Crippen molar-refractivity contribution in [3.8, 4) is 0 Å². The fraction of sp³-hybridized carbons (Fsp3) is 0.829. The summed E-state index contributed by atoms with van der Waals surface area (Å²) in [6, 6.07) is 0. The summed E-state index contributed by atoms with van der Waals surface area (Å²) in [6.07, 6.45) is 38.6. The fourth-order valence-corrected chi connectivity index (χ4v) is 5.18. The van der Waals surface area contributed by atoms with Crippen LogP contribution in [0.3, 0.4) is 0 Å². The van der Waals surface area contributed by atoms with Crippen LogP contribution in [0, 0.1) is 5.92 Å². The van der Waals surface area contributed by atoms with E-state index in [2.05, 4.69) is 25.7 Å². The van der Waals surface area contributed by atoms with Gasteiger partial charge >= 0.3 is 11.9 Å². The molecule has 0 aliphatic heterocycles. The van der Waals surface area contributed by atoms with Crippen LogP contribution in [0.1, 0.15) is 174 Å². The molecule has 0 fully saturated rings. The Kier molecular flexibility index (Phi) is 29.7. The molecule has 0 amide bonds. The molecule has 0 heterocycles. The monoisotopic (exact) mass is 548 g/mol. The summed E-state index contributed by atoms with van der Waals surface area (Å²) in [4.78, 5) is 23.0. The van der Waals surface area contributed by atoms with Crippen LogP contribution in [0.2, 0.25) is 0 Å². The van der Waals surface area contributed by atoms with Crippen LogP contribution in [0.25, 0.3) is 0 Å². The van der Waals surface area contributed by atoms with Crippen LogP contribution in [0.4, 0.5) is 0 Å². The number of rotatable bonds is 31. The Morgan fingerprint density at radius 3 is 1.41 bits per heavy atom. The molecule has 228 valence electrons. The Bertz CT molecular complexity index is 583. The predicted octanol–water partition coefficient (Wildman–Crippen LogP) is 11.1. The van der Waals surface area contributed by atoms with Crippen molar-refractivity contribution in [1.82, 2.24) is 0 Å². The van der Waals surface area contributed by atoms with Gasteiger partial charge in [-0.15, -0.1) is 0 Å². The average molecular weight is 549 g/mol. The second-order valence-electron chi connectivity index (χ2n) is 11.5. The van der Waals surface area contributed by atoms with Crippen molar-refractivity contribution in [3.63, 3.8) is 0 Å². The Morgan fingerprint density at radius 1 is 0.641 bits per heavy atom. The van der Waals surface area contributed by atoms with Crippen LogP contribution in [-0.2, 0) is 14.3 Å². The normalized spacial score (nSPS) is 12.1. The van der Waals surface area contributed by atoms with Crippen LogP contribution < -0.4 is 0 Å². The summed E-state index contributed by atoms with van der Waals surface area (Å²) >= 11 is 0. The number of esters is 1. The maximum atomic E-state index is 12.0. The number of allylic oxidation sites excluding steroid dienone is 2. The number of hydrogen-bond donors (Lipinski definition) is 1. The lowest BCUT2D eigenvalue weighted by molar-refractivity contribution is -0.152. The molecule has 0 aliphatic carbocycles. The molecular weight excluding hydrogens is 484 g/mol. The first-order valence-corrected chi connectivity index (χ1v) is 16.8. The van der Waals surface area contributed by atoms with Crippen molar-refractivity contribution < 1.29 is 19.4 Å². The van der Waals surface area contributed by atoms with Gasteiger partial charge < -0.3 is 9.84 Å². The van der Waals surface area contributed by atoms with Gasteiger partial charge in [0, 0.05) is 0 Å². The third kappa shape index (κ3) is 29.2. The highest BCUT2D eigenvalue weighted by Gasteiger charge is 2.22. The van der Waals surface area contributed by atoms with Crippen molar-refractivity contribution in [3.05, 3.63) is 24.8 Å². The Hall–Kier alpha value is -1.58. The summed E-state index contributed by atoms with van der Waals surface area (Å²) in [6.45, 7) is 5.95. The standard InChI is InChI=1S/C35H64O4/c1-3-5-6-7-8-9-10-11-12-13-14-15-16-17-18-19-20-21-22-23-24-25-26-27-28-29-30-33(32-34(36)37)35(38)39-31-4-2/h4,19-20,33H,2-3,5-18,21-32H2,1H3,(H,36,37)/b20-19+. The topological polar surface area (TPSA) is 63.6 Å². The molecule has 4 heteroatoms. The molecule has 4 nitrogen and oxygen atoms in total. The van der Waals surface area contributed by atoms with Gasteiger partial charge in [-0.3, -0.25) is 9.59 Å². The van der Waals surface area contributed by atoms with Gasteiger partial charge in [-0.25, -0.2) is 0 Å². The highest BCUT2D eigenvalue weighted by Crippen LogP contribution is 2.18. The number of carboxylic acids is 1. The molecule has 0 aromatic heterocycles. The molecule has 0 saturated heterocycles. The minimum atomic E-state index is -0.944. The van der Waals surface area contributed by atoms with E-state index in [-0.39, 0.29) is 13.0 Å². The Morgan fingerprint density at radius 2 is 1.03 bits per heavy atom. The summed E-state index contributed by atoms with van der Waals surface area (Å²) in [5.41, 5.74) is 0. The average Bonchev–Trinajstić information content (AvgIpc) is 2.92. The maximum Gasteiger partial charge on any atom is 0.309 e. The van der Waals surface area contributed by atoms with E-state index >= 15 is 0 Å². The second kappa shape index (κ2) is 31.0. The van der Waals surface area contributed by atoms with E-state index in [1.165, 1.54) is 141 Å². The molecule has 39 heavy (non-hydrogen) atoms. The number of unbranched alkanes of at least 4 members (excludes halogenated alkanes) is 22. The first-order chi connectivity index (χ1) is 19.1. The van der Waals surface area contributed by atoms with Gasteiger partial charge in [0.05, 0.1) is 12.3 Å². The lowest BCUT2D eigenvalue weighted by Gasteiger charge is -2.13. The van der Waals surface area contributed by atoms with Crippen molar-refractivity contribution >= 4 is 11.9 Å². The number of carboxylic acid groups (broad SMARTS) is 1. The van der Waals surface area contributed by atoms with Crippen LogP contribution in [0.15, 0.2) is 24.8 Å². The summed E-state index contributed by atoms with van der Waals surface area (Å²) < 4.78 is 5.04.